The molecule has 0 unspecified atom stereocenters. The van der Waals surface area contributed by atoms with Crippen LogP contribution in [0.25, 0.3) is 0 Å². The van der Waals surface area contributed by atoms with Crippen LogP contribution >= 0.6 is 11.6 Å². The third-order valence-corrected chi connectivity index (χ3v) is 6.39. The summed E-state index contributed by atoms with van der Waals surface area (Å²) >= 11 is 6.17. The Morgan fingerprint density at radius 1 is 1.21 bits per heavy atom. The minimum absolute atomic E-state index is 0.251. The number of amides is 1. The maximum absolute atomic E-state index is 12.9. The summed E-state index contributed by atoms with van der Waals surface area (Å²) in [5.74, 6) is 0.331. The van der Waals surface area contributed by atoms with E-state index in [1.165, 1.54) is 0 Å². The molecule has 0 heterocycles. The summed E-state index contributed by atoms with van der Waals surface area (Å²) < 4.78 is 31.2. The first-order valence-corrected chi connectivity index (χ1v) is 11.5. The van der Waals surface area contributed by atoms with E-state index in [0.29, 0.717) is 17.1 Å². The van der Waals surface area contributed by atoms with E-state index in [-0.39, 0.29) is 6.04 Å². The number of methoxy groups -OCH3 is 1. The SMILES string of the molecule is CC[C@@H](NC(=O)[C@@H](C)N(c1ccc(C)c(Cl)c1)S(C)(=O)=O)c1ccc(OC)cc1. The fourth-order valence-electron chi connectivity index (χ4n) is 3.08. The van der Waals surface area contributed by atoms with Crippen LogP contribution in [0, 0.1) is 6.92 Å². The highest BCUT2D eigenvalue weighted by Gasteiger charge is 2.30. The number of carbonyl (C=O) groups is 1. The third kappa shape index (κ3) is 5.64. The average Bonchev–Trinajstić information content (AvgIpc) is 2.67. The van der Waals surface area contributed by atoms with Crippen LogP contribution in [0.3, 0.4) is 0 Å². The zero-order chi connectivity index (χ0) is 21.8. The molecule has 2 rings (SSSR count). The van der Waals surface area contributed by atoms with Crippen LogP contribution in [0.15, 0.2) is 42.5 Å². The summed E-state index contributed by atoms with van der Waals surface area (Å²) in [6.07, 6.45) is 1.73. The third-order valence-electron chi connectivity index (χ3n) is 4.74. The molecule has 2 aromatic rings. The van der Waals surface area contributed by atoms with Gasteiger partial charge >= 0.3 is 0 Å². The van der Waals surface area contributed by atoms with Gasteiger partial charge in [0.2, 0.25) is 15.9 Å². The lowest BCUT2D eigenvalue weighted by Crippen LogP contribution is -2.48. The van der Waals surface area contributed by atoms with Gasteiger partial charge in [0.25, 0.3) is 0 Å². The minimum Gasteiger partial charge on any atom is -0.497 e. The summed E-state index contributed by atoms with van der Waals surface area (Å²) in [4.78, 5) is 12.9. The Morgan fingerprint density at radius 2 is 1.83 bits per heavy atom. The van der Waals surface area contributed by atoms with E-state index < -0.39 is 22.0 Å². The molecular formula is C21H27ClN2O4S. The largest absolute Gasteiger partial charge is 0.497 e. The van der Waals surface area contributed by atoms with Crippen molar-refractivity contribution in [3.05, 3.63) is 58.6 Å². The fourth-order valence-corrected chi connectivity index (χ4v) is 4.42. The van der Waals surface area contributed by atoms with Gasteiger partial charge in [0.15, 0.2) is 0 Å². The second-order valence-electron chi connectivity index (χ2n) is 6.91. The molecule has 1 amide bonds. The second kappa shape index (κ2) is 9.50. The number of nitrogens with zero attached hydrogens (tertiary/aromatic N) is 1. The van der Waals surface area contributed by atoms with Crippen molar-refractivity contribution in [2.45, 2.75) is 39.3 Å². The number of nitrogens with one attached hydrogen (secondary N) is 1. The maximum atomic E-state index is 12.9. The van der Waals surface area contributed by atoms with Gasteiger partial charge in [-0.15, -0.1) is 0 Å². The number of sulfonamides is 1. The van der Waals surface area contributed by atoms with Crippen LogP contribution in [-0.2, 0) is 14.8 Å². The van der Waals surface area contributed by atoms with Crippen LogP contribution < -0.4 is 14.4 Å². The van der Waals surface area contributed by atoms with Crippen molar-refractivity contribution in [3.63, 3.8) is 0 Å². The Kier molecular flexibility index (Phi) is 7.54. The minimum atomic E-state index is -3.71. The summed E-state index contributed by atoms with van der Waals surface area (Å²) in [5, 5.41) is 3.39. The Balaban J connectivity index is 2.28. The zero-order valence-electron chi connectivity index (χ0n) is 17.3. The van der Waals surface area contributed by atoms with Crippen LogP contribution in [0.1, 0.15) is 37.4 Å². The first-order chi connectivity index (χ1) is 13.6. The van der Waals surface area contributed by atoms with Crippen molar-refractivity contribution in [2.24, 2.45) is 0 Å². The molecular weight excluding hydrogens is 412 g/mol. The fraction of sp³-hybridized carbons (Fsp3) is 0.381. The van der Waals surface area contributed by atoms with Gasteiger partial charge in [-0.25, -0.2) is 8.42 Å². The van der Waals surface area contributed by atoms with Crippen LogP contribution in [0.5, 0.6) is 5.75 Å². The van der Waals surface area contributed by atoms with Gasteiger partial charge in [-0.3, -0.25) is 9.10 Å². The van der Waals surface area contributed by atoms with E-state index in [1.54, 1.807) is 32.2 Å². The van der Waals surface area contributed by atoms with Crippen molar-refractivity contribution in [1.82, 2.24) is 5.32 Å². The van der Waals surface area contributed by atoms with Crippen LogP contribution in [0.4, 0.5) is 5.69 Å². The standard InChI is InChI=1S/C21H27ClN2O4S/c1-6-20(16-8-11-18(28-4)12-9-16)23-21(25)15(3)24(29(5,26)27)17-10-7-14(2)19(22)13-17/h7-13,15,20H,6H2,1-5H3,(H,23,25)/t15-,20-/m1/s1. The van der Waals surface area contributed by atoms with E-state index in [9.17, 15) is 13.2 Å². The Hall–Kier alpha value is -2.25. The molecule has 29 heavy (non-hydrogen) atoms. The Bertz CT molecular complexity index is 961. The molecule has 0 fully saturated rings. The molecule has 2 aromatic carbocycles. The number of anilines is 1. The lowest BCUT2D eigenvalue weighted by atomic mass is 10.0. The zero-order valence-corrected chi connectivity index (χ0v) is 18.8. The molecule has 0 aliphatic rings. The van der Waals surface area contributed by atoms with Gasteiger partial charge in [-0.2, -0.15) is 0 Å². The molecule has 0 saturated heterocycles. The average molecular weight is 439 g/mol. The number of ether oxygens (including phenoxy) is 1. The molecule has 6 nitrogen and oxygen atoms in total. The molecule has 0 saturated carbocycles. The summed E-state index contributed by atoms with van der Waals surface area (Å²) in [6, 6.07) is 11.1. The quantitative estimate of drug-likeness (QED) is 0.673. The number of hydrogen-bond donors (Lipinski definition) is 1. The molecule has 8 heteroatoms. The van der Waals surface area contributed by atoms with Gasteiger partial charge in [0.1, 0.15) is 11.8 Å². The topological polar surface area (TPSA) is 75.7 Å². The number of aryl methyl sites for hydroxylation is 1. The Labute approximate surface area is 177 Å². The van der Waals surface area contributed by atoms with Gasteiger partial charge in [-0.1, -0.05) is 36.7 Å². The molecule has 158 valence electrons. The maximum Gasteiger partial charge on any atom is 0.244 e. The van der Waals surface area contributed by atoms with Crippen molar-refractivity contribution in [3.8, 4) is 5.75 Å². The van der Waals surface area contributed by atoms with Crippen molar-refractivity contribution in [1.29, 1.82) is 0 Å². The lowest BCUT2D eigenvalue weighted by Gasteiger charge is -2.30. The van der Waals surface area contributed by atoms with Crippen molar-refractivity contribution >= 4 is 33.2 Å². The van der Waals surface area contributed by atoms with E-state index in [4.69, 9.17) is 16.3 Å². The molecule has 0 aliphatic heterocycles. The molecule has 1 N–H and O–H groups in total. The van der Waals surface area contributed by atoms with E-state index in [2.05, 4.69) is 5.32 Å². The van der Waals surface area contributed by atoms with Crippen molar-refractivity contribution in [2.75, 3.05) is 17.7 Å². The number of rotatable bonds is 8. The van der Waals surface area contributed by atoms with Gasteiger partial charge < -0.3 is 10.1 Å². The number of carbonyl (C=O) groups excluding carboxylic acids is 1. The highest BCUT2D eigenvalue weighted by Crippen LogP contribution is 2.27. The second-order valence-corrected chi connectivity index (χ2v) is 9.18. The summed E-state index contributed by atoms with van der Waals surface area (Å²) in [6.45, 7) is 5.34. The first kappa shape index (κ1) is 23.0. The molecule has 0 aliphatic carbocycles. The predicted octanol–water partition coefficient (Wildman–Crippen LogP) is 4.08. The van der Waals surface area contributed by atoms with E-state index in [0.717, 1.165) is 27.4 Å². The smallest absolute Gasteiger partial charge is 0.244 e. The monoisotopic (exact) mass is 438 g/mol. The molecule has 0 radical (unpaired) electrons. The molecule has 0 spiro atoms. The predicted molar refractivity (Wildman–Crippen MR) is 117 cm³/mol. The van der Waals surface area contributed by atoms with E-state index in [1.807, 2.05) is 38.1 Å². The number of halogens is 1. The van der Waals surface area contributed by atoms with E-state index >= 15 is 0 Å². The Morgan fingerprint density at radius 3 is 2.31 bits per heavy atom. The van der Waals surface area contributed by atoms with Crippen LogP contribution in [-0.4, -0.2) is 33.7 Å². The molecule has 0 aromatic heterocycles. The number of benzene rings is 2. The highest BCUT2D eigenvalue weighted by molar-refractivity contribution is 7.92. The van der Waals surface area contributed by atoms with Gasteiger partial charge in [0.05, 0.1) is 25.1 Å². The van der Waals surface area contributed by atoms with Crippen LogP contribution in [0.2, 0.25) is 5.02 Å². The van der Waals surface area contributed by atoms with Gasteiger partial charge in [0, 0.05) is 5.02 Å². The lowest BCUT2D eigenvalue weighted by molar-refractivity contribution is -0.122. The normalized spacial score (nSPS) is 13.4. The highest BCUT2D eigenvalue weighted by atomic mass is 35.5. The van der Waals surface area contributed by atoms with Crippen molar-refractivity contribution < 1.29 is 17.9 Å². The number of hydrogen-bond acceptors (Lipinski definition) is 4. The summed E-state index contributed by atoms with van der Waals surface area (Å²) in [7, 11) is -2.12. The summed E-state index contributed by atoms with van der Waals surface area (Å²) in [5.41, 5.74) is 2.09. The first-order valence-electron chi connectivity index (χ1n) is 9.28. The molecule has 2 atom stereocenters. The van der Waals surface area contributed by atoms with Gasteiger partial charge in [-0.05, 0) is 55.7 Å². The molecule has 0 bridgehead atoms.